The van der Waals surface area contributed by atoms with Crippen LogP contribution in [0.5, 0.6) is 0 Å². The number of carbonyl (C=O) groups excluding carboxylic acids is 1. The molecule has 7 nitrogen and oxygen atoms in total. The average Bonchev–Trinajstić information content (AvgIpc) is 2.55. The molecule has 0 aromatic carbocycles. The number of piperazine rings is 1. The first-order valence-electron chi connectivity index (χ1n) is 8.22. The molecule has 0 radical (unpaired) electrons. The van der Waals surface area contributed by atoms with E-state index in [4.69, 9.17) is 17.3 Å². The van der Waals surface area contributed by atoms with Crippen LogP contribution in [-0.2, 0) is 0 Å². The van der Waals surface area contributed by atoms with Crippen LogP contribution < -0.4 is 16.0 Å². The lowest BCUT2D eigenvalue weighted by molar-refractivity contribution is 0.186. The van der Waals surface area contributed by atoms with E-state index in [0.29, 0.717) is 37.4 Å². The number of hydrogen-bond donors (Lipinski definition) is 2. The zero-order chi connectivity index (χ0) is 16.2. The number of halogens is 1. The van der Waals surface area contributed by atoms with Crippen LogP contribution in [0.1, 0.15) is 32.1 Å². The molecule has 0 atom stereocenters. The zero-order valence-corrected chi connectivity index (χ0v) is 13.9. The maximum atomic E-state index is 12.3. The lowest BCUT2D eigenvalue weighted by atomic mass is 9.96. The van der Waals surface area contributed by atoms with Crippen molar-refractivity contribution < 1.29 is 4.79 Å². The van der Waals surface area contributed by atoms with Gasteiger partial charge in [-0.3, -0.25) is 0 Å². The summed E-state index contributed by atoms with van der Waals surface area (Å²) in [5.74, 6) is 0.889. The summed E-state index contributed by atoms with van der Waals surface area (Å²) in [5, 5.41) is 3.50. The first-order valence-corrected chi connectivity index (χ1v) is 8.60. The molecule has 2 aliphatic rings. The number of aromatic nitrogens is 2. The predicted octanol–water partition coefficient (Wildman–Crippen LogP) is 1.88. The van der Waals surface area contributed by atoms with Gasteiger partial charge in [0.25, 0.3) is 0 Å². The second-order valence-electron chi connectivity index (χ2n) is 6.17. The number of carbonyl (C=O) groups is 1. The van der Waals surface area contributed by atoms with Gasteiger partial charge in [0.05, 0.1) is 0 Å². The topological polar surface area (TPSA) is 87.4 Å². The van der Waals surface area contributed by atoms with E-state index in [9.17, 15) is 4.79 Å². The highest BCUT2D eigenvalue weighted by molar-refractivity contribution is 6.29. The van der Waals surface area contributed by atoms with Crippen LogP contribution in [-0.4, -0.2) is 53.1 Å². The molecule has 3 N–H and O–H groups in total. The summed E-state index contributed by atoms with van der Waals surface area (Å²) in [7, 11) is 0. The molecule has 126 valence electrons. The molecule has 2 heterocycles. The van der Waals surface area contributed by atoms with Gasteiger partial charge in [-0.2, -0.15) is 4.98 Å². The molecule has 1 aliphatic heterocycles. The van der Waals surface area contributed by atoms with Crippen molar-refractivity contribution in [2.24, 2.45) is 0 Å². The van der Waals surface area contributed by atoms with Gasteiger partial charge in [-0.15, -0.1) is 0 Å². The molecule has 1 aliphatic carbocycles. The summed E-state index contributed by atoms with van der Waals surface area (Å²) in [4.78, 5) is 24.4. The van der Waals surface area contributed by atoms with Crippen molar-refractivity contribution in [3.63, 3.8) is 0 Å². The second kappa shape index (κ2) is 7.21. The van der Waals surface area contributed by atoms with E-state index >= 15 is 0 Å². The van der Waals surface area contributed by atoms with Gasteiger partial charge >= 0.3 is 6.03 Å². The van der Waals surface area contributed by atoms with E-state index < -0.39 is 0 Å². The maximum Gasteiger partial charge on any atom is 0.317 e. The first-order chi connectivity index (χ1) is 11.1. The Balaban J connectivity index is 1.52. The Morgan fingerprint density at radius 3 is 2.52 bits per heavy atom. The Morgan fingerprint density at radius 2 is 1.87 bits per heavy atom. The van der Waals surface area contributed by atoms with Gasteiger partial charge in [0.1, 0.15) is 11.0 Å². The van der Waals surface area contributed by atoms with Gasteiger partial charge in [0.15, 0.2) is 0 Å². The van der Waals surface area contributed by atoms with Crippen molar-refractivity contribution in [2.45, 2.75) is 38.1 Å². The minimum absolute atomic E-state index is 0.0526. The monoisotopic (exact) mass is 338 g/mol. The van der Waals surface area contributed by atoms with Crippen molar-refractivity contribution in [1.29, 1.82) is 0 Å². The number of hydrogen-bond acceptors (Lipinski definition) is 5. The zero-order valence-electron chi connectivity index (χ0n) is 13.2. The molecule has 1 saturated heterocycles. The maximum absolute atomic E-state index is 12.3. The molecular weight excluding hydrogens is 316 g/mol. The molecule has 0 unspecified atom stereocenters. The number of anilines is 2. The number of urea groups is 1. The molecule has 2 fully saturated rings. The Bertz CT molecular complexity index is 535. The van der Waals surface area contributed by atoms with E-state index in [1.807, 2.05) is 4.90 Å². The quantitative estimate of drug-likeness (QED) is 0.804. The molecule has 3 rings (SSSR count). The van der Waals surface area contributed by atoms with E-state index in [1.54, 1.807) is 6.07 Å². The van der Waals surface area contributed by atoms with Crippen molar-refractivity contribution in [1.82, 2.24) is 20.2 Å². The van der Waals surface area contributed by atoms with E-state index in [1.165, 1.54) is 19.3 Å². The SMILES string of the molecule is Nc1nc(Cl)cc(N2CCN(C(=O)NC3CCCCC3)CC2)n1. The standard InChI is InChI=1S/C15H23ClN6O/c16-12-10-13(20-14(17)19-12)21-6-8-22(9-7-21)15(23)18-11-4-2-1-3-5-11/h10-11H,1-9H2,(H,18,23)(H2,17,19,20). The fourth-order valence-electron chi connectivity index (χ4n) is 3.24. The predicted molar refractivity (Wildman–Crippen MR) is 90.6 cm³/mol. The largest absolute Gasteiger partial charge is 0.368 e. The van der Waals surface area contributed by atoms with E-state index in [-0.39, 0.29) is 12.0 Å². The van der Waals surface area contributed by atoms with Crippen LogP contribution in [0.3, 0.4) is 0 Å². The summed E-state index contributed by atoms with van der Waals surface area (Å²) in [5.41, 5.74) is 5.64. The van der Waals surface area contributed by atoms with Gasteiger partial charge in [-0.05, 0) is 12.8 Å². The van der Waals surface area contributed by atoms with Crippen LogP contribution >= 0.6 is 11.6 Å². The lowest BCUT2D eigenvalue weighted by Crippen LogP contribution is -2.53. The molecule has 8 heteroatoms. The van der Waals surface area contributed by atoms with Crippen molar-refractivity contribution >= 4 is 29.4 Å². The van der Waals surface area contributed by atoms with Crippen LogP contribution in [0.2, 0.25) is 5.15 Å². The van der Waals surface area contributed by atoms with E-state index in [0.717, 1.165) is 18.7 Å². The summed E-state index contributed by atoms with van der Waals surface area (Å²) in [6.07, 6.45) is 5.92. The number of rotatable bonds is 2. The van der Waals surface area contributed by atoms with Gasteiger partial charge < -0.3 is 20.9 Å². The first kappa shape index (κ1) is 16.1. The number of nitrogens with two attached hydrogens (primary N) is 1. The van der Waals surface area contributed by atoms with Crippen LogP contribution in [0.25, 0.3) is 0 Å². The second-order valence-corrected chi connectivity index (χ2v) is 6.55. The van der Waals surface area contributed by atoms with E-state index in [2.05, 4.69) is 20.2 Å². The van der Waals surface area contributed by atoms with Crippen molar-refractivity contribution in [2.75, 3.05) is 36.8 Å². The highest BCUT2D eigenvalue weighted by Gasteiger charge is 2.24. The third-order valence-electron chi connectivity index (χ3n) is 4.52. The Kier molecular flexibility index (Phi) is 5.05. The summed E-state index contributed by atoms with van der Waals surface area (Å²) < 4.78 is 0. The molecular formula is C15H23ClN6O. The molecule has 23 heavy (non-hydrogen) atoms. The number of nitrogen functional groups attached to an aromatic ring is 1. The molecule has 1 aromatic heterocycles. The third-order valence-corrected chi connectivity index (χ3v) is 4.72. The van der Waals surface area contributed by atoms with Gasteiger partial charge in [0, 0.05) is 38.3 Å². The number of nitrogens with zero attached hydrogens (tertiary/aromatic N) is 4. The lowest BCUT2D eigenvalue weighted by Gasteiger charge is -2.36. The van der Waals surface area contributed by atoms with Crippen LogP contribution in [0.4, 0.5) is 16.6 Å². The molecule has 1 saturated carbocycles. The number of amides is 2. The minimum atomic E-state index is 0.0526. The fourth-order valence-corrected chi connectivity index (χ4v) is 3.42. The van der Waals surface area contributed by atoms with Crippen molar-refractivity contribution in [3.8, 4) is 0 Å². The van der Waals surface area contributed by atoms with Crippen LogP contribution in [0, 0.1) is 0 Å². The average molecular weight is 339 g/mol. The van der Waals surface area contributed by atoms with Gasteiger partial charge in [0.2, 0.25) is 5.95 Å². The number of nitrogens with one attached hydrogen (secondary N) is 1. The molecule has 0 bridgehead atoms. The third kappa shape index (κ3) is 4.16. The Morgan fingerprint density at radius 1 is 1.17 bits per heavy atom. The molecule has 1 aromatic rings. The minimum Gasteiger partial charge on any atom is -0.368 e. The van der Waals surface area contributed by atoms with Gasteiger partial charge in [-0.25, -0.2) is 9.78 Å². The van der Waals surface area contributed by atoms with Gasteiger partial charge in [-0.1, -0.05) is 30.9 Å². The fraction of sp³-hybridized carbons (Fsp3) is 0.667. The summed E-state index contributed by atoms with van der Waals surface area (Å²) in [6.45, 7) is 2.76. The normalized spacial score (nSPS) is 19.7. The highest BCUT2D eigenvalue weighted by Crippen LogP contribution is 2.20. The van der Waals surface area contributed by atoms with Crippen molar-refractivity contribution in [3.05, 3.63) is 11.2 Å². The Hall–Kier alpha value is -1.76. The Labute approximate surface area is 141 Å². The smallest absolute Gasteiger partial charge is 0.317 e. The van der Waals surface area contributed by atoms with Crippen LogP contribution in [0.15, 0.2) is 6.07 Å². The molecule has 2 amide bonds. The molecule has 0 spiro atoms. The summed E-state index contributed by atoms with van der Waals surface area (Å²) >= 11 is 5.92. The highest BCUT2D eigenvalue weighted by atomic mass is 35.5. The summed E-state index contributed by atoms with van der Waals surface area (Å²) in [6, 6.07) is 2.10.